The standard InChI is InChI=1S/C28H42NO2.C26H20N2.2C7H8.2ClH.Ta/c1-25(2,3)17-13-19(27(7,8)9)23(30)21(15-17)29-22-16-18(26(4,5)6)14-20(24(22)31)28(10,11)12;1-5-13-21(14-6-1)25(22-15-7-2-8-16-22)27-28-26(23-17-9-3-10-18-23)24-19-11-4-12-20-24;2*1-7-5-3-2-4-6-7;;;/h13-16,30-31H,1-12H3;1-20H;2*2-6H,1H3;2*1H;/q-1;;;;;;+5/p-4. The molecule has 8 rings (SSSR count). The van der Waals surface area contributed by atoms with Crippen LogP contribution in [-0.4, -0.2) is 11.4 Å². The smallest absolute Gasteiger partial charge is 1.00 e. The first-order valence-electron chi connectivity index (χ1n) is 25.3. The van der Waals surface area contributed by atoms with Crippen molar-refractivity contribution < 1.29 is 57.4 Å². The van der Waals surface area contributed by atoms with Gasteiger partial charge in [0.05, 0.1) is 0 Å². The molecule has 0 aliphatic carbocycles. The Labute approximate surface area is 484 Å². The van der Waals surface area contributed by atoms with Crippen LogP contribution >= 0.6 is 0 Å². The fraction of sp³-hybridized carbons (Fsp3) is 0.265. The van der Waals surface area contributed by atoms with E-state index in [1.165, 1.54) is 11.1 Å². The predicted octanol–water partition coefficient (Wildman–Crippen LogP) is 11.3. The van der Waals surface area contributed by atoms with Crippen LogP contribution in [0, 0.1) is 13.8 Å². The first-order valence-corrected chi connectivity index (χ1v) is 25.3. The van der Waals surface area contributed by atoms with Crippen LogP contribution in [0.2, 0.25) is 0 Å². The molecule has 0 saturated carbocycles. The Bertz CT molecular complexity index is 2720. The van der Waals surface area contributed by atoms with Gasteiger partial charge < -0.3 is 40.3 Å². The maximum atomic E-state index is 13.4. The molecule has 0 fully saturated rings. The van der Waals surface area contributed by atoms with Gasteiger partial charge in [0.2, 0.25) is 0 Å². The second kappa shape index (κ2) is 29.9. The second-order valence-electron chi connectivity index (χ2n) is 22.5. The van der Waals surface area contributed by atoms with Gasteiger partial charge in [0.25, 0.3) is 0 Å². The van der Waals surface area contributed by atoms with Gasteiger partial charge in [-0.3, -0.25) is 0 Å². The zero-order chi connectivity index (χ0) is 53.4. The molecule has 0 N–H and O–H groups in total. The van der Waals surface area contributed by atoms with Crippen molar-refractivity contribution in [2.45, 2.75) is 119 Å². The van der Waals surface area contributed by atoms with E-state index in [-0.39, 0.29) is 80.4 Å². The molecule has 0 amide bonds. The normalized spacial score (nSPS) is 10.8. The van der Waals surface area contributed by atoms with Crippen LogP contribution in [0.1, 0.15) is 139 Å². The van der Waals surface area contributed by atoms with Crippen molar-refractivity contribution in [2.75, 3.05) is 0 Å². The minimum Gasteiger partial charge on any atom is -1.00 e. The molecule has 0 spiro atoms. The summed E-state index contributed by atoms with van der Waals surface area (Å²) in [6.45, 7) is 29.1. The van der Waals surface area contributed by atoms with Gasteiger partial charge in [-0.25, -0.2) is 0 Å². The summed E-state index contributed by atoms with van der Waals surface area (Å²) < 4.78 is 0. The van der Waals surface area contributed by atoms with E-state index in [1.807, 2.05) is 175 Å². The van der Waals surface area contributed by atoms with E-state index >= 15 is 0 Å². The Hall–Kier alpha value is -6.18. The van der Waals surface area contributed by atoms with Gasteiger partial charge >= 0.3 is 22.4 Å². The molecular formula is C68H76Cl2N3O2Ta. The molecule has 0 aromatic heterocycles. The van der Waals surface area contributed by atoms with Gasteiger partial charge in [0.1, 0.15) is 11.4 Å². The van der Waals surface area contributed by atoms with Crippen molar-refractivity contribution in [1.82, 2.24) is 0 Å². The van der Waals surface area contributed by atoms with Crippen molar-refractivity contribution in [3.63, 3.8) is 0 Å². The number of hydrogen-bond donors (Lipinski definition) is 0. The third-order valence-corrected chi connectivity index (χ3v) is 12.0. The van der Waals surface area contributed by atoms with Gasteiger partial charge in [-0.05, 0) is 46.6 Å². The molecule has 76 heavy (non-hydrogen) atoms. The van der Waals surface area contributed by atoms with Gasteiger partial charge in [-0.1, -0.05) is 312 Å². The number of benzene rings is 8. The van der Waals surface area contributed by atoms with E-state index in [9.17, 15) is 10.2 Å². The third-order valence-electron chi connectivity index (χ3n) is 12.0. The van der Waals surface area contributed by atoms with Crippen molar-refractivity contribution in [3.05, 3.63) is 267 Å². The van der Waals surface area contributed by atoms with E-state index in [0.29, 0.717) is 11.4 Å². The van der Waals surface area contributed by atoms with E-state index < -0.39 is 0 Å². The summed E-state index contributed by atoms with van der Waals surface area (Å²) in [6.07, 6.45) is 0. The second-order valence-corrected chi connectivity index (χ2v) is 22.5. The minimum absolute atomic E-state index is 0. The molecule has 8 aromatic carbocycles. The summed E-state index contributed by atoms with van der Waals surface area (Å²) in [5, 5.41) is 40.9. The molecule has 5 nitrogen and oxygen atoms in total. The number of aryl methyl sites for hydroxylation is 2. The molecule has 8 aromatic rings. The third kappa shape index (κ3) is 20.1. The molecule has 0 unspecified atom stereocenters. The van der Waals surface area contributed by atoms with E-state index in [0.717, 1.165) is 55.9 Å². The van der Waals surface area contributed by atoms with Gasteiger partial charge in [0.15, 0.2) is 0 Å². The summed E-state index contributed by atoms with van der Waals surface area (Å²) in [5.74, 6) is -0.197. The van der Waals surface area contributed by atoms with Crippen molar-refractivity contribution in [1.29, 1.82) is 0 Å². The summed E-state index contributed by atoms with van der Waals surface area (Å²) in [7, 11) is 0. The Morgan fingerprint density at radius 3 is 0.750 bits per heavy atom. The van der Waals surface area contributed by atoms with Crippen LogP contribution in [0.15, 0.2) is 216 Å². The van der Waals surface area contributed by atoms with E-state index in [1.54, 1.807) is 0 Å². The van der Waals surface area contributed by atoms with Gasteiger partial charge in [-0.2, -0.15) is 0 Å². The molecule has 0 radical (unpaired) electrons. The molecular weight excluding hydrogens is 1140 g/mol. The average Bonchev–Trinajstić information content (AvgIpc) is 3.35. The van der Waals surface area contributed by atoms with E-state index in [4.69, 9.17) is 15.5 Å². The molecule has 0 atom stereocenters. The fourth-order valence-electron chi connectivity index (χ4n) is 7.62. The zero-order valence-electron chi connectivity index (χ0n) is 47.0. The van der Waals surface area contributed by atoms with Crippen LogP contribution in [0.4, 0.5) is 11.4 Å². The summed E-state index contributed by atoms with van der Waals surface area (Å²) in [6, 6.07) is 68.9. The first-order chi connectivity index (χ1) is 34.4. The van der Waals surface area contributed by atoms with Crippen molar-refractivity contribution in [3.8, 4) is 11.5 Å². The summed E-state index contributed by atoms with van der Waals surface area (Å²) in [4.78, 5) is 0. The molecule has 0 saturated heterocycles. The van der Waals surface area contributed by atoms with Gasteiger partial charge in [-0.15, -0.1) is 33.1 Å². The first kappa shape index (κ1) is 65.9. The van der Waals surface area contributed by atoms with Crippen molar-refractivity contribution >= 4 is 22.8 Å². The van der Waals surface area contributed by atoms with Gasteiger partial charge in [0, 0.05) is 22.3 Å². The summed E-state index contributed by atoms with van der Waals surface area (Å²) >= 11 is 0. The predicted molar refractivity (Wildman–Crippen MR) is 309 cm³/mol. The molecule has 8 heteroatoms. The van der Waals surface area contributed by atoms with Crippen LogP contribution in [0.25, 0.3) is 5.32 Å². The topological polar surface area (TPSA) is 84.9 Å². The van der Waals surface area contributed by atoms with E-state index in [2.05, 4.69) is 128 Å². The molecule has 0 aliphatic rings. The Kier molecular flexibility index (Phi) is 26.0. The molecule has 394 valence electrons. The maximum Gasteiger partial charge on any atom is 5.00 e. The largest absolute Gasteiger partial charge is 5.00 e. The van der Waals surface area contributed by atoms with Crippen LogP contribution in [0.3, 0.4) is 0 Å². The van der Waals surface area contributed by atoms with Crippen LogP contribution < -0.4 is 35.0 Å². The Balaban J connectivity index is 0.000000400. The summed E-state index contributed by atoms with van der Waals surface area (Å²) in [5.41, 5.74) is 11.9. The minimum atomic E-state index is -0.313. The zero-order valence-corrected chi connectivity index (χ0v) is 51.7. The fourth-order valence-corrected chi connectivity index (χ4v) is 7.62. The van der Waals surface area contributed by atoms with Crippen molar-refractivity contribution in [2.24, 2.45) is 10.2 Å². The monoisotopic (exact) mass is 1220 g/mol. The van der Waals surface area contributed by atoms with Crippen LogP contribution in [-0.2, 0) is 44.0 Å². The molecule has 0 heterocycles. The number of halogens is 2. The number of rotatable bonds is 7. The quantitative estimate of drug-likeness (QED) is 0.118. The molecule has 0 bridgehead atoms. The maximum absolute atomic E-state index is 13.4. The Morgan fingerprint density at radius 1 is 0.342 bits per heavy atom. The average molecular weight is 1220 g/mol. The number of nitrogens with zero attached hydrogens (tertiary/aromatic N) is 3. The Morgan fingerprint density at radius 2 is 0.566 bits per heavy atom. The number of hydrogen-bond acceptors (Lipinski definition) is 4. The SMILES string of the molecule is CC(C)(C)c1cc([N-]c2cc(C(C)(C)C)cc(C(C)(C)C)c2[O-])c([O-])c(C(C)(C)C)c1.Cc1ccccc1.Cc1ccccc1.[Cl-].[Cl-].[Ta+5].c1ccc(C(=NN=C(c2ccccc2)c2ccccc2)c2ccccc2)cc1. The molecule has 0 aliphatic heterocycles. The van der Waals surface area contributed by atoms with Crippen LogP contribution in [0.5, 0.6) is 11.5 Å².